The molecule has 58 valence electrons. The van der Waals surface area contributed by atoms with Crippen molar-refractivity contribution in [3.05, 3.63) is 22.6 Å². The first-order valence-electron chi connectivity index (χ1n) is 3.78. The molecule has 0 amide bonds. The lowest BCUT2D eigenvalue weighted by Gasteiger charge is -2.14. The van der Waals surface area contributed by atoms with Crippen molar-refractivity contribution < 1.29 is 0 Å². The van der Waals surface area contributed by atoms with E-state index in [2.05, 4.69) is 9.97 Å². The molecule has 11 heavy (non-hydrogen) atoms. The highest BCUT2D eigenvalue weighted by molar-refractivity contribution is 4.89. The summed E-state index contributed by atoms with van der Waals surface area (Å²) < 4.78 is 1.66. The number of rotatable bonds is 0. The molecule has 0 saturated heterocycles. The largest absolute Gasteiger partial charge is 0.350 e. The smallest absolute Gasteiger partial charge is 0.280 e. The molecule has 0 radical (unpaired) electrons. The predicted octanol–water partition coefficient (Wildman–Crippen LogP) is -0.0254. The summed E-state index contributed by atoms with van der Waals surface area (Å²) in [5.74, 6) is 0.885. The van der Waals surface area contributed by atoms with Crippen LogP contribution in [0.4, 0.5) is 0 Å². The summed E-state index contributed by atoms with van der Waals surface area (Å²) >= 11 is 0. The van der Waals surface area contributed by atoms with Crippen molar-refractivity contribution in [2.75, 3.05) is 0 Å². The molecule has 0 unspecified atom stereocenters. The Balaban J connectivity index is 2.58. The number of fused-ring (bicyclic) bond motifs is 1. The SMILES string of the molecule is O=c1ncnc2n1CCCC2. The Hall–Kier alpha value is -1.19. The molecule has 4 nitrogen and oxygen atoms in total. The fourth-order valence-electron chi connectivity index (χ4n) is 1.37. The van der Waals surface area contributed by atoms with Crippen LogP contribution >= 0.6 is 0 Å². The summed E-state index contributed by atoms with van der Waals surface area (Å²) in [6, 6.07) is 0. The number of hydrogen-bond acceptors (Lipinski definition) is 3. The van der Waals surface area contributed by atoms with Crippen molar-refractivity contribution in [3.63, 3.8) is 0 Å². The Labute approximate surface area is 63.9 Å². The first kappa shape index (κ1) is 6.52. The van der Waals surface area contributed by atoms with Gasteiger partial charge in [0.1, 0.15) is 12.2 Å². The van der Waals surface area contributed by atoms with E-state index in [0.29, 0.717) is 0 Å². The summed E-state index contributed by atoms with van der Waals surface area (Å²) in [6.45, 7) is 0.787. The summed E-state index contributed by atoms with van der Waals surface area (Å²) in [5, 5.41) is 0. The quantitative estimate of drug-likeness (QED) is 0.523. The standard InChI is InChI=1S/C7H9N3O/c11-7-9-5-8-6-3-1-2-4-10(6)7/h5H,1-4H2. The van der Waals surface area contributed by atoms with Crippen molar-refractivity contribution >= 4 is 0 Å². The van der Waals surface area contributed by atoms with Gasteiger partial charge in [0, 0.05) is 13.0 Å². The zero-order valence-corrected chi connectivity index (χ0v) is 6.16. The van der Waals surface area contributed by atoms with E-state index in [1.165, 1.54) is 6.33 Å². The van der Waals surface area contributed by atoms with Crippen LogP contribution in [-0.2, 0) is 13.0 Å². The van der Waals surface area contributed by atoms with Gasteiger partial charge in [0.2, 0.25) is 0 Å². The fraction of sp³-hybridized carbons (Fsp3) is 0.571. The van der Waals surface area contributed by atoms with Gasteiger partial charge in [-0.3, -0.25) is 4.57 Å². The van der Waals surface area contributed by atoms with Crippen molar-refractivity contribution in [1.82, 2.24) is 14.5 Å². The van der Waals surface area contributed by atoms with Crippen LogP contribution < -0.4 is 5.69 Å². The van der Waals surface area contributed by atoms with E-state index in [0.717, 1.165) is 31.6 Å². The number of aromatic nitrogens is 3. The molecule has 1 aliphatic heterocycles. The van der Waals surface area contributed by atoms with Gasteiger partial charge in [-0.25, -0.2) is 9.78 Å². The van der Waals surface area contributed by atoms with E-state index in [-0.39, 0.29) is 5.69 Å². The van der Waals surface area contributed by atoms with Crippen LogP contribution in [0.1, 0.15) is 18.7 Å². The molecule has 0 fully saturated rings. The van der Waals surface area contributed by atoms with Gasteiger partial charge in [0.25, 0.3) is 0 Å². The van der Waals surface area contributed by atoms with Gasteiger partial charge in [0.15, 0.2) is 0 Å². The van der Waals surface area contributed by atoms with Gasteiger partial charge in [-0.2, -0.15) is 4.98 Å². The number of nitrogens with zero attached hydrogens (tertiary/aromatic N) is 3. The van der Waals surface area contributed by atoms with E-state index in [1.54, 1.807) is 4.57 Å². The zero-order chi connectivity index (χ0) is 7.68. The first-order chi connectivity index (χ1) is 5.38. The molecule has 1 aromatic heterocycles. The van der Waals surface area contributed by atoms with Gasteiger partial charge in [-0.1, -0.05) is 0 Å². The lowest BCUT2D eigenvalue weighted by molar-refractivity contribution is 0.483. The molecule has 0 aliphatic carbocycles. The summed E-state index contributed by atoms with van der Waals surface area (Å²) in [4.78, 5) is 18.7. The van der Waals surface area contributed by atoms with Crippen molar-refractivity contribution in [1.29, 1.82) is 0 Å². The van der Waals surface area contributed by atoms with Crippen LogP contribution in [0.15, 0.2) is 11.1 Å². The maximum absolute atomic E-state index is 11.1. The second kappa shape index (κ2) is 2.45. The second-order valence-corrected chi connectivity index (χ2v) is 2.68. The monoisotopic (exact) mass is 151 g/mol. The van der Waals surface area contributed by atoms with Crippen LogP contribution in [0.25, 0.3) is 0 Å². The molecule has 0 atom stereocenters. The third-order valence-corrected chi connectivity index (χ3v) is 1.95. The lowest BCUT2D eigenvalue weighted by Crippen LogP contribution is -2.29. The van der Waals surface area contributed by atoms with Gasteiger partial charge in [-0.15, -0.1) is 0 Å². The minimum absolute atomic E-state index is 0.158. The molecule has 4 heteroatoms. The molecule has 2 rings (SSSR count). The number of hydrogen-bond donors (Lipinski definition) is 0. The van der Waals surface area contributed by atoms with Gasteiger partial charge in [0.05, 0.1) is 0 Å². The third kappa shape index (κ3) is 1.04. The molecule has 0 saturated carbocycles. The Morgan fingerprint density at radius 2 is 2.27 bits per heavy atom. The lowest BCUT2D eigenvalue weighted by atomic mass is 10.2. The van der Waals surface area contributed by atoms with E-state index in [1.807, 2.05) is 0 Å². The minimum Gasteiger partial charge on any atom is -0.280 e. The molecular weight excluding hydrogens is 142 g/mol. The highest BCUT2D eigenvalue weighted by atomic mass is 16.1. The maximum Gasteiger partial charge on any atom is 0.350 e. The van der Waals surface area contributed by atoms with E-state index >= 15 is 0 Å². The van der Waals surface area contributed by atoms with Crippen LogP contribution in [-0.4, -0.2) is 14.5 Å². The Morgan fingerprint density at radius 3 is 3.09 bits per heavy atom. The minimum atomic E-state index is -0.158. The third-order valence-electron chi connectivity index (χ3n) is 1.95. The van der Waals surface area contributed by atoms with Crippen molar-refractivity contribution in [2.45, 2.75) is 25.8 Å². The van der Waals surface area contributed by atoms with Gasteiger partial charge >= 0.3 is 5.69 Å². The van der Waals surface area contributed by atoms with E-state index in [9.17, 15) is 4.79 Å². The fourth-order valence-corrected chi connectivity index (χ4v) is 1.37. The van der Waals surface area contributed by atoms with E-state index < -0.39 is 0 Å². The molecular formula is C7H9N3O. The molecule has 0 aromatic carbocycles. The highest BCUT2D eigenvalue weighted by Crippen LogP contribution is 2.07. The Bertz CT molecular complexity index is 318. The summed E-state index contributed by atoms with van der Waals surface area (Å²) in [7, 11) is 0. The van der Waals surface area contributed by atoms with Crippen LogP contribution in [0.5, 0.6) is 0 Å². The first-order valence-corrected chi connectivity index (χ1v) is 3.78. The van der Waals surface area contributed by atoms with Crippen molar-refractivity contribution in [3.8, 4) is 0 Å². The topological polar surface area (TPSA) is 47.8 Å². The van der Waals surface area contributed by atoms with Gasteiger partial charge < -0.3 is 0 Å². The van der Waals surface area contributed by atoms with E-state index in [4.69, 9.17) is 0 Å². The van der Waals surface area contributed by atoms with Gasteiger partial charge in [-0.05, 0) is 12.8 Å². The van der Waals surface area contributed by atoms with Crippen LogP contribution in [0, 0.1) is 0 Å². The van der Waals surface area contributed by atoms with Crippen LogP contribution in [0.2, 0.25) is 0 Å². The highest BCUT2D eigenvalue weighted by Gasteiger charge is 2.09. The van der Waals surface area contributed by atoms with Crippen molar-refractivity contribution in [2.24, 2.45) is 0 Å². The molecule has 2 heterocycles. The number of aryl methyl sites for hydroxylation is 1. The average Bonchev–Trinajstić information content (AvgIpc) is 2.06. The molecule has 1 aliphatic rings. The predicted molar refractivity (Wildman–Crippen MR) is 39.2 cm³/mol. The maximum atomic E-state index is 11.1. The average molecular weight is 151 g/mol. The normalized spacial score (nSPS) is 16.0. The Kier molecular flexibility index (Phi) is 1.45. The molecule has 1 aromatic rings. The molecule has 0 bridgehead atoms. The molecule has 0 N–H and O–H groups in total. The summed E-state index contributed by atoms with van der Waals surface area (Å²) in [5.41, 5.74) is -0.158. The summed E-state index contributed by atoms with van der Waals surface area (Å²) in [6.07, 6.45) is 4.47. The van der Waals surface area contributed by atoms with Crippen LogP contribution in [0.3, 0.4) is 0 Å². The Morgan fingerprint density at radius 1 is 1.36 bits per heavy atom. The molecule has 0 spiro atoms. The zero-order valence-electron chi connectivity index (χ0n) is 6.16. The second-order valence-electron chi connectivity index (χ2n) is 2.68.